The molecular formula is C14H23N3O5S. The van der Waals surface area contributed by atoms with Crippen molar-refractivity contribution in [3.05, 3.63) is 0 Å². The lowest BCUT2D eigenvalue weighted by Crippen LogP contribution is -2.49. The predicted molar refractivity (Wildman–Crippen MR) is 83.2 cm³/mol. The van der Waals surface area contributed by atoms with Gasteiger partial charge in [0.1, 0.15) is 11.8 Å². The van der Waals surface area contributed by atoms with Crippen molar-refractivity contribution in [2.24, 2.45) is 10.9 Å². The van der Waals surface area contributed by atoms with Crippen LogP contribution in [0.1, 0.15) is 44.9 Å². The summed E-state index contributed by atoms with van der Waals surface area (Å²) in [6.07, 6.45) is 5.57. The van der Waals surface area contributed by atoms with Crippen molar-refractivity contribution in [2.45, 2.75) is 62.8 Å². The maximum atomic E-state index is 12.2. The zero-order valence-electron chi connectivity index (χ0n) is 13.0. The molecule has 0 aromatic carbocycles. The van der Waals surface area contributed by atoms with Crippen molar-refractivity contribution in [3.63, 3.8) is 0 Å². The van der Waals surface area contributed by atoms with E-state index < -0.39 is 22.0 Å². The molecule has 2 atom stereocenters. The Labute approximate surface area is 135 Å². The van der Waals surface area contributed by atoms with Crippen LogP contribution >= 0.6 is 0 Å². The molecule has 2 heterocycles. The summed E-state index contributed by atoms with van der Waals surface area (Å²) in [5.74, 6) is -0.679. The van der Waals surface area contributed by atoms with Gasteiger partial charge in [-0.15, -0.1) is 0 Å². The van der Waals surface area contributed by atoms with Crippen molar-refractivity contribution in [1.29, 1.82) is 0 Å². The van der Waals surface area contributed by atoms with Crippen LogP contribution in [-0.4, -0.2) is 50.1 Å². The zero-order valence-corrected chi connectivity index (χ0v) is 13.8. The number of oxime groups is 1. The molecule has 0 bridgehead atoms. The summed E-state index contributed by atoms with van der Waals surface area (Å²) in [5, 5.41) is 3.55. The fourth-order valence-electron chi connectivity index (χ4n) is 3.39. The van der Waals surface area contributed by atoms with E-state index >= 15 is 0 Å². The van der Waals surface area contributed by atoms with E-state index in [-0.39, 0.29) is 36.1 Å². The van der Waals surface area contributed by atoms with Crippen LogP contribution in [0.25, 0.3) is 0 Å². The molecule has 0 aromatic heterocycles. The molecule has 3 aliphatic rings. The lowest BCUT2D eigenvalue weighted by Gasteiger charge is -2.47. The maximum Gasteiger partial charge on any atom is 0.266 e. The van der Waals surface area contributed by atoms with Crippen molar-refractivity contribution in [3.8, 4) is 0 Å². The Morgan fingerprint density at radius 3 is 2.65 bits per heavy atom. The normalized spacial score (nSPS) is 29.7. The van der Waals surface area contributed by atoms with Gasteiger partial charge in [-0.1, -0.05) is 5.16 Å². The molecule has 2 aliphatic heterocycles. The highest BCUT2D eigenvalue weighted by Gasteiger charge is 2.43. The van der Waals surface area contributed by atoms with E-state index in [1.54, 1.807) is 0 Å². The Hall–Kier alpha value is -1.19. The van der Waals surface area contributed by atoms with E-state index in [1.165, 1.54) is 6.42 Å². The quantitative estimate of drug-likeness (QED) is 0.703. The van der Waals surface area contributed by atoms with Crippen LogP contribution in [-0.2, 0) is 24.4 Å². The summed E-state index contributed by atoms with van der Waals surface area (Å²) in [7, 11) is -3.46. The smallest absolute Gasteiger partial charge is 0.266 e. The molecule has 1 aliphatic carbocycles. The summed E-state index contributed by atoms with van der Waals surface area (Å²) in [4.78, 5) is 16.0. The first-order valence-electron chi connectivity index (χ1n) is 8.05. The summed E-state index contributed by atoms with van der Waals surface area (Å²) >= 11 is 0. The van der Waals surface area contributed by atoms with Gasteiger partial charge in [0, 0.05) is 6.42 Å². The maximum absolute atomic E-state index is 12.2. The molecule has 1 amide bonds. The van der Waals surface area contributed by atoms with Crippen LogP contribution in [0.4, 0.5) is 0 Å². The minimum atomic E-state index is -3.46. The van der Waals surface area contributed by atoms with Gasteiger partial charge in [-0.2, -0.15) is 0 Å². The number of sulfonamides is 1. The second kappa shape index (κ2) is 6.37. The third kappa shape index (κ3) is 4.02. The van der Waals surface area contributed by atoms with E-state index in [0.717, 1.165) is 32.1 Å². The van der Waals surface area contributed by atoms with Crippen LogP contribution < -0.4 is 10.5 Å². The zero-order chi connectivity index (χ0) is 16.5. The number of hydrogen-bond acceptors (Lipinski definition) is 6. The SMILES string of the molecule is NC(=O)C1=NOC(CNS(=O)(=O)CC2CCCC3(CCC3)O2)C1. The molecule has 1 saturated carbocycles. The van der Waals surface area contributed by atoms with Crippen molar-refractivity contribution < 1.29 is 22.8 Å². The molecule has 2 unspecified atom stereocenters. The topological polar surface area (TPSA) is 120 Å². The first kappa shape index (κ1) is 16.7. The number of carbonyl (C=O) groups excluding carboxylic acids is 1. The lowest BCUT2D eigenvalue weighted by atomic mass is 9.74. The average Bonchev–Trinajstić information content (AvgIpc) is 2.93. The number of amides is 1. The number of rotatable bonds is 6. The van der Waals surface area contributed by atoms with Crippen LogP contribution in [0.15, 0.2) is 5.16 Å². The first-order chi connectivity index (χ1) is 10.9. The van der Waals surface area contributed by atoms with E-state index in [4.69, 9.17) is 15.3 Å². The molecule has 9 heteroatoms. The van der Waals surface area contributed by atoms with Gasteiger partial charge in [0.15, 0.2) is 0 Å². The molecule has 130 valence electrons. The Balaban J connectivity index is 1.45. The molecular weight excluding hydrogens is 322 g/mol. The highest BCUT2D eigenvalue weighted by Crippen LogP contribution is 2.44. The summed E-state index contributed by atoms with van der Waals surface area (Å²) in [6, 6.07) is 0. The molecule has 0 aromatic rings. The van der Waals surface area contributed by atoms with E-state index in [1.807, 2.05) is 0 Å². The minimum absolute atomic E-state index is 0.0367. The predicted octanol–water partition coefficient (Wildman–Crippen LogP) is 0.0278. The van der Waals surface area contributed by atoms with Crippen molar-refractivity contribution in [1.82, 2.24) is 4.72 Å². The number of nitrogens with two attached hydrogens (primary N) is 1. The fourth-order valence-corrected chi connectivity index (χ4v) is 4.67. The third-order valence-electron chi connectivity index (χ3n) is 4.79. The van der Waals surface area contributed by atoms with Gasteiger partial charge in [-0.25, -0.2) is 13.1 Å². The summed E-state index contributed by atoms with van der Waals surface area (Å²) in [6.45, 7) is 0.0699. The minimum Gasteiger partial charge on any atom is -0.390 e. The molecule has 3 N–H and O–H groups in total. The first-order valence-corrected chi connectivity index (χ1v) is 9.70. The number of primary amides is 1. The largest absolute Gasteiger partial charge is 0.390 e. The number of nitrogens with zero attached hydrogens (tertiary/aromatic N) is 1. The standard InChI is InChI=1S/C14H23N3O5S/c15-13(18)12-7-11(22-17-12)8-16-23(19,20)9-10-3-1-4-14(21-10)5-2-6-14/h10-11,16H,1-9H2,(H2,15,18). The fraction of sp³-hybridized carbons (Fsp3) is 0.857. The lowest BCUT2D eigenvalue weighted by molar-refractivity contribution is -0.161. The van der Waals surface area contributed by atoms with Gasteiger partial charge in [-0.3, -0.25) is 4.79 Å². The Morgan fingerprint density at radius 2 is 2.04 bits per heavy atom. The molecule has 3 rings (SSSR count). The highest BCUT2D eigenvalue weighted by atomic mass is 32.2. The molecule has 23 heavy (non-hydrogen) atoms. The highest BCUT2D eigenvalue weighted by molar-refractivity contribution is 7.89. The van der Waals surface area contributed by atoms with Gasteiger partial charge in [0.2, 0.25) is 10.0 Å². The van der Waals surface area contributed by atoms with Crippen molar-refractivity contribution >= 4 is 21.6 Å². The average molecular weight is 345 g/mol. The van der Waals surface area contributed by atoms with Crippen LogP contribution in [0.2, 0.25) is 0 Å². The number of carbonyl (C=O) groups is 1. The van der Waals surface area contributed by atoms with E-state index in [0.29, 0.717) is 0 Å². The molecule has 2 fully saturated rings. The van der Waals surface area contributed by atoms with Crippen LogP contribution in [0.3, 0.4) is 0 Å². The van der Waals surface area contributed by atoms with E-state index in [2.05, 4.69) is 9.88 Å². The Kier molecular flexibility index (Phi) is 4.61. The second-order valence-electron chi connectivity index (χ2n) is 6.63. The van der Waals surface area contributed by atoms with E-state index in [9.17, 15) is 13.2 Å². The summed E-state index contributed by atoms with van der Waals surface area (Å²) in [5.41, 5.74) is 5.18. The van der Waals surface area contributed by atoms with Crippen LogP contribution in [0, 0.1) is 0 Å². The van der Waals surface area contributed by atoms with Gasteiger partial charge >= 0.3 is 0 Å². The van der Waals surface area contributed by atoms with Crippen molar-refractivity contribution in [2.75, 3.05) is 12.3 Å². The molecule has 0 radical (unpaired) electrons. The Bertz CT molecular complexity index is 600. The number of ether oxygens (including phenoxy) is 1. The van der Waals surface area contributed by atoms with Crippen LogP contribution in [0.5, 0.6) is 0 Å². The Morgan fingerprint density at radius 1 is 1.30 bits per heavy atom. The number of nitrogens with one attached hydrogen (secondary N) is 1. The third-order valence-corrected chi connectivity index (χ3v) is 6.21. The monoisotopic (exact) mass is 345 g/mol. The number of hydrogen-bond donors (Lipinski definition) is 2. The van der Waals surface area contributed by atoms with Gasteiger partial charge in [-0.05, 0) is 38.5 Å². The van der Waals surface area contributed by atoms with Gasteiger partial charge in [0.05, 0.1) is 24.0 Å². The molecule has 8 nitrogen and oxygen atoms in total. The molecule has 1 saturated heterocycles. The molecule has 1 spiro atoms. The van der Waals surface area contributed by atoms with Gasteiger partial charge in [0.25, 0.3) is 5.91 Å². The summed E-state index contributed by atoms with van der Waals surface area (Å²) < 4.78 is 33.0. The second-order valence-corrected chi connectivity index (χ2v) is 8.48. The van der Waals surface area contributed by atoms with Gasteiger partial charge < -0.3 is 15.3 Å².